The Kier molecular flexibility index (Phi) is 2.52. The van der Waals surface area contributed by atoms with Crippen LogP contribution in [0.4, 0.5) is 0 Å². The molecule has 4 heteroatoms. The number of nitrogens with zero attached hydrogens (tertiary/aromatic N) is 2. The minimum Gasteiger partial charge on any atom is -0.495 e. The monoisotopic (exact) mass is 208 g/mol. The third kappa shape index (κ3) is 1.65. The second-order valence-corrected chi connectivity index (χ2v) is 3.99. The van der Waals surface area contributed by atoms with E-state index in [1.165, 1.54) is 0 Å². The number of Topliss-reactive ketones (excluding diaryl/α,β-unsaturated/α-hetero) is 1. The SMILES string of the molecule is COc1cc(C(C)=O)n2c1CN(C)CC2. The average molecular weight is 208 g/mol. The first-order valence-corrected chi connectivity index (χ1v) is 5.09. The predicted octanol–water partition coefficient (Wildman–Crippen LogP) is 1.14. The lowest BCUT2D eigenvalue weighted by Crippen LogP contribution is -2.31. The molecule has 2 heterocycles. The van der Waals surface area contributed by atoms with Gasteiger partial charge in [0.15, 0.2) is 5.78 Å². The van der Waals surface area contributed by atoms with Crippen LogP contribution in [0.3, 0.4) is 0 Å². The van der Waals surface area contributed by atoms with Gasteiger partial charge in [0.2, 0.25) is 0 Å². The smallest absolute Gasteiger partial charge is 0.176 e. The molecule has 1 aromatic rings. The molecule has 0 saturated carbocycles. The lowest BCUT2D eigenvalue weighted by Gasteiger charge is -2.26. The fourth-order valence-corrected chi connectivity index (χ4v) is 2.06. The van der Waals surface area contributed by atoms with Crippen LogP contribution in [-0.2, 0) is 13.1 Å². The predicted molar refractivity (Wildman–Crippen MR) is 57.3 cm³/mol. The van der Waals surface area contributed by atoms with Crippen LogP contribution in [0, 0.1) is 0 Å². The van der Waals surface area contributed by atoms with Crippen LogP contribution in [0.5, 0.6) is 5.75 Å². The number of fused-ring (bicyclic) bond motifs is 1. The lowest BCUT2D eigenvalue weighted by atomic mass is 10.3. The van der Waals surface area contributed by atoms with Gasteiger partial charge >= 0.3 is 0 Å². The van der Waals surface area contributed by atoms with E-state index in [2.05, 4.69) is 16.5 Å². The summed E-state index contributed by atoms with van der Waals surface area (Å²) in [5, 5.41) is 0. The van der Waals surface area contributed by atoms with Gasteiger partial charge in [0.25, 0.3) is 0 Å². The van der Waals surface area contributed by atoms with Crippen molar-refractivity contribution in [1.29, 1.82) is 0 Å². The number of ketones is 1. The van der Waals surface area contributed by atoms with Crippen LogP contribution in [-0.4, -0.2) is 36.0 Å². The van der Waals surface area contributed by atoms with Gasteiger partial charge in [0.05, 0.1) is 18.5 Å². The van der Waals surface area contributed by atoms with Crippen molar-refractivity contribution < 1.29 is 9.53 Å². The Bertz CT molecular complexity index is 396. The number of likely N-dealkylation sites (N-methyl/N-ethyl adjacent to an activating group) is 1. The zero-order chi connectivity index (χ0) is 11.0. The highest BCUT2D eigenvalue weighted by atomic mass is 16.5. The maximum Gasteiger partial charge on any atom is 0.176 e. The van der Waals surface area contributed by atoms with Gasteiger partial charge in [-0.25, -0.2) is 0 Å². The fraction of sp³-hybridized carbons (Fsp3) is 0.545. The van der Waals surface area contributed by atoms with Gasteiger partial charge in [-0.15, -0.1) is 0 Å². The molecule has 4 nitrogen and oxygen atoms in total. The van der Waals surface area contributed by atoms with Crippen molar-refractivity contribution in [2.24, 2.45) is 0 Å². The first-order chi connectivity index (χ1) is 7.13. The Balaban J connectivity index is 2.49. The number of rotatable bonds is 2. The van der Waals surface area contributed by atoms with E-state index >= 15 is 0 Å². The molecule has 0 N–H and O–H groups in total. The zero-order valence-electron chi connectivity index (χ0n) is 9.41. The second-order valence-electron chi connectivity index (χ2n) is 3.99. The van der Waals surface area contributed by atoms with E-state index in [4.69, 9.17) is 4.74 Å². The van der Waals surface area contributed by atoms with Crippen molar-refractivity contribution in [3.05, 3.63) is 17.5 Å². The molecule has 0 saturated heterocycles. The minimum atomic E-state index is 0.101. The van der Waals surface area contributed by atoms with Crippen molar-refractivity contribution in [3.63, 3.8) is 0 Å². The number of carbonyl (C=O) groups excluding carboxylic acids is 1. The topological polar surface area (TPSA) is 34.5 Å². The summed E-state index contributed by atoms with van der Waals surface area (Å²) in [7, 11) is 3.72. The van der Waals surface area contributed by atoms with Crippen LogP contribution < -0.4 is 4.74 Å². The standard InChI is InChI=1S/C11H16N2O2/c1-8(14)9-6-11(15-3)10-7-12(2)4-5-13(9)10/h6H,4-5,7H2,1-3H3. The van der Waals surface area contributed by atoms with Gasteiger partial charge in [-0.3, -0.25) is 9.69 Å². The van der Waals surface area contributed by atoms with Crippen molar-refractivity contribution in [1.82, 2.24) is 9.47 Å². The summed E-state index contributed by atoms with van der Waals surface area (Å²) in [6.45, 7) is 4.28. The molecule has 0 radical (unpaired) electrons. The lowest BCUT2D eigenvalue weighted by molar-refractivity contribution is 0.100. The summed E-state index contributed by atoms with van der Waals surface area (Å²) >= 11 is 0. The minimum absolute atomic E-state index is 0.101. The Hall–Kier alpha value is -1.29. The molecule has 0 aromatic carbocycles. The molecule has 0 spiro atoms. The summed E-state index contributed by atoms with van der Waals surface area (Å²) in [4.78, 5) is 13.7. The van der Waals surface area contributed by atoms with E-state index in [1.807, 2.05) is 6.07 Å². The molecule has 0 unspecified atom stereocenters. The molecular formula is C11H16N2O2. The second kappa shape index (κ2) is 3.70. The van der Waals surface area contributed by atoms with E-state index in [-0.39, 0.29) is 5.78 Å². The van der Waals surface area contributed by atoms with E-state index in [9.17, 15) is 4.79 Å². The molecule has 82 valence electrons. The Morgan fingerprint density at radius 1 is 1.47 bits per heavy atom. The molecular weight excluding hydrogens is 192 g/mol. The molecule has 0 atom stereocenters. The van der Waals surface area contributed by atoms with Crippen molar-refractivity contribution >= 4 is 5.78 Å². The first kappa shape index (κ1) is 10.2. The van der Waals surface area contributed by atoms with E-state index in [0.29, 0.717) is 0 Å². The van der Waals surface area contributed by atoms with E-state index in [1.54, 1.807) is 14.0 Å². The maximum absolute atomic E-state index is 11.4. The Morgan fingerprint density at radius 3 is 2.80 bits per heavy atom. The normalized spacial score (nSPS) is 16.2. The van der Waals surface area contributed by atoms with Gasteiger partial charge < -0.3 is 9.30 Å². The van der Waals surface area contributed by atoms with Gasteiger partial charge in [-0.2, -0.15) is 0 Å². The third-order valence-electron chi connectivity index (χ3n) is 2.87. The molecule has 15 heavy (non-hydrogen) atoms. The maximum atomic E-state index is 11.4. The summed E-state index contributed by atoms with van der Waals surface area (Å²) in [5.74, 6) is 0.927. The number of ether oxygens (including phenoxy) is 1. The molecule has 0 bridgehead atoms. The third-order valence-corrected chi connectivity index (χ3v) is 2.87. The summed E-state index contributed by atoms with van der Waals surface area (Å²) in [5.41, 5.74) is 1.87. The van der Waals surface area contributed by atoms with E-state index in [0.717, 1.165) is 36.8 Å². The molecule has 1 aliphatic rings. The number of methoxy groups -OCH3 is 1. The zero-order valence-corrected chi connectivity index (χ0v) is 9.41. The summed E-state index contributed by atoms with van der Waals surface area (Å²) in [6, 6.07) is 1.84. The van der Waals surface area contributed by atoms with Crippen LogP contribution in [0.2, 0.25) is 0 Å². The van der Waals surface area contributed by atoms with Crippen molar-refractivity contribution in [2.45, 2.75) is 20.0 Å². The van der Waals surface area contributed by atoms with Crippen LogP contribution in [0.25, 0.3) is 0 Å². The van der Waals surface area contributed by atoms with Crippen LogP contribution in [0.1, 0.15) is 23.1 Å². The average Bonchev–Trinajstić information content (AvgIpc) is 2.55. The van der Waals surface area contributed by atoms with Gasteiger partial charge in [-0.1, -0.05) is 0 Å². The highest BCUT2D eigenvalue weighted by Gasteiger charge is 2.22. The molecule has 0 fully saturated rings. The fourth-order valence-electron chi connectivity index (χ4n) is 2.06. The van der Waals surface area contributed by atoms with Gasteiger partial charge in [0.1, 0.15) is 5.75 Å². The number of carbonyl (C=O) groups is 1. The first-order valence-electron chi connectivity index (χ1n) is 5.09. The molecule has 0 aliphatic carbocycles. The highest BCUT2D eigenvalue weighted by molar-refractivity contribution is 5.93. The van der Waals surface area contributed by atoms with Crippen molar-refractivity contribution in [2.75, 3.05) is 20.7 Å². The molecule has 1 aliphatic heterocycles. The molecule has 2 rings (SSSR count). The molecule has 1 aromatic heterocycles. The van der Waals surface area contributed by atoms with Crippen LogP contribution >= 0.6 is 0 Å². The van der Waals surface area contributed by atoms with Crippen LogP contribution in [0.15, 0.2) is 6.07 Å². The quantitative estimate of drug-likeness (QED) is 0.684. The van der Waals surface area contributed by atoms with E-state index < -0.39 is 0 Å². The highest BCUT2D eigenvalue weighted by Crippen LogP contribution is 2.27. The van der Waals surface area contributed by atoms with Gasteiger partial charge in [0, 0.05) is 32.6 Å². The van der Waals surface area contributed by atoms with Gasteiger partial charge in [-0.05, 0) is 7.05 Å². The number of hydrogen-bond donors (Lipinski definition) is 0. The number of aromatic nitrogens is 1. The Morgan fingerprint density at radius 2 is 2.20 bits per heavy atom. The summed E-state index contributed by atoms with van der Waals surface area (Å²) in [6.07, 6.45) is 0. The summed E-state index contributed by atoms with van der Waals surface area (Å²) < 4.78 is 7.36. The molecule has 0 amide bonds. The Labute approximate surface area is 89.4 Å². The van der Waals surface area contributed by atoms with Crippen molar-refractivity contribution in [3.8, 4) is 5.75 Å². The largest absolute Gasteiger partial charge is 0.495 e. The number of hydrogen-bond acceptors (Lipinski definition) is 3.